The van der Waals surface area contributed by atoms with Crippen LogP contribution in [0.4, 0.5) is 19.7 Å². The van der Waals surface area contributed by atoms with E-state index in [1.807, 2.05) is 0 Å². The van der Waals surface area contributed by atoms with Crippen molar-refractivity contribution >= 4 is 89.2 Å². The quantitative estimate of drug-likeness (QED) is 0.0199. The number of nitrogens with zero attached hydrogens (tertiary/aromatic N) is 2. The van der Waals surface area contributed by atoms with Gasteiger partial charge in [-0.25, -0.2) is 23.8 Å². The molecule has 0 fully saturated rings. The first-order valence-corrected chi connectivity index (χ1v) is 32.6. The number of fused-ring (bicyclic) bond motifs is 5. The molecule has 536 valence electrons. The molecule has 11 N–H and O–H groups in total. The lowest BCUT2D eigenvalue weighted by Gasteiger charge is -2.31. The van der Waals surface area contributed by atoms with Crippen LogP contribution in [-0.4, -0.2) is 171 Å². The number of nitrogens with one attached hydrogen (secondary N) is 5. The normalized spacial score (nSPS) is 15.9. The average molecular weight is 1390 g/mol. The number of urea groups is 1. The molecule has 7 rings (SSSR count). The predicted octanol–water partition coefficient (Wildman–Crippen LogP) is 3.60. The number of carboxylic acids is 1. The summed E-state index contributed by atoms with van der Waals surface area (Å²) in [5.41, 5.74) is 12.6. The summed E-state index contributed by atoms with van der Waals surface area (Å²) in [6.45, 7) is 8.08. The number of ketones is 3. The first kappa shape index (κ1) is 78.7. The number of pyridine rings is 2. The molecule has 3 aliphatic rings. The molecule has 0 spiro atoms. The van der Waals surface area contributed by atoms with Crippen molar-refractivity contribution in [3.05, 3.63) is 91.5 Å². The maximum Gasteiger partial charge on any atom is 0.407 e. The van der Waals surface area contributed by atoms with Crippen LogP contribution < -0.4 is 43.6 Å². The highest BCUT2D eigenvalue weighted by Gasteiger charge is 2.46. The highest BCUT2D eigenvalue weighted by molar-refractivity contribution is 7.59. The van der Waals surface area contributed by atoms with E-state index in [0.29, 0.717) is 103 Å². The molecule has 98 heavy (non-hydrogen) atoms. The molecule has 6 amide bonds. The summed E-state index contributed by atoms with van der Waals surface area (Å²) >= 11 is 0. The van der Waals surface area contributed by atoms with E-state index < -0.39 is 120 Å². The Hall–Kier alpha value is -8.30. The summed E-state index contributed by atoms with van der Waals surface area (Å²) in [5.74, 6) is -8.13. The number of ether oxygens (including phenoxy) is 7. The lowest BCUT2D eigenvalue weighted by molar-refractivity contribution is -0.172. The van der Waals surface area contributed by atoms with Crippen molar-refractivity contribution in [1.82, 2.24) is 30.8 Å². The Morgan fingerprint density at radius 3 is 2.12 bits per heavy atom. The van der Waals surface area contributed by atoms with Crippen LogP contribution in [0.25, 0.3) is 22.3 Å². The number of aliphatic hydroxyl groups is 1. The minimum Gasteiger partial charge on any atom is -0.481 e. The minimum atomic E-state index is -2.06. The SMILES string of the molecule is CC[C@@]1(O)C(=O)OCc2c1cc1n(c2=O)Cc2c-1nc1cc(F)c(C)c3c1c2[C@@H](NC(=O)COCCC(=O)CNC(=O)OCc1ccc(NC(=O)[C@H](CCCNC(N)=O)CC(=O)[C@@H](NC(=O)[C@H](CCC(=O)O)CC(=O)CCOCCOCCOCCOCCN)C(C)C)cc1)CC3.S. The molecule has 0 saturated carbocycles. The Morgan fingerprint density at radius 1 is 0.816 bits per heavy atom. The number of cyclic esters (lactones) is 1. The Labute approximate surface area is 572 Å². The largest absolute Gasteiger partial charge is 0.481 e. The summed E-state index contributed by atoms with van der Waals surface area (Å²) in [5, 5.41) is 34.8. The molecule has 0 unspecified atom stereocenters. The number of amides is 6. The van der Waals surface area contributed by atoms with Gasteiger partial charge in [0.15, 0.2) is 17.2 Å². The average Bonchev–Trinajstić information content (AvgIpc) is 1.49. The number of aliphatic carboxylic acids is 1. The van der Waals surface area contributed by atoms with Crippen molar-refractivity contribution < 1.29 is 95.7 Å². The van der Waals surface area contributed by atoms with Crippen LogP contribution in [0, 0.1) is 30.5 Å². The molecule has 2 aliphatic heterocycles. The van der Waals surface area contributed by atoms with E-state index >= 15 is 4.39 Å². The highest BCUT2D eigenvalue weighted by Crippen LogP contribution is 2.46. The molecule has 31 heteroatoms. The first-order valence-electron chi connectivity index (χ1n) is 32.6. The topological polar surface area (TPSA) is 423 Å². The Kier molecular flexibility index (Phi) is 30.6. The van der Waals surface area contributed by atoms with Crippen LogP contribution in [0.15, 0.2) is 41.2 Å². The van der Waals surface area contributed by atoms with Crippen LogP contribution in [-0.2, 0) is 103 Å². The van der Waals surface area contributed by atoms with Crippen LogP contribution >= 0.6 is 13.5 Å². The van der Waals surface area contributed by atoms with Gasteiger partial charge in [0.25, 0.3) is 5.56 Å². The zero-order valence-corrected chi connectivity index (χ0v) is 56.6. The highest BCUT2D eigenvalue weighted by atomic mass is 32.1. The number of aromatic nitrogens is 2. The van der Waals surface area contributed by atoms with Gasteiger partial charge in [0.2, 0.25) is 17.7 Å². The van der Waals surface area contributed by atoms with Crippen molar-refractivity contribution in [3.63, 3.8) is 0 Å². The molecule has 29 nitrogen and oxygen atoms in total. The molecule has 4 aromatic rings. The number of hydrogen-bond donors (Lipinski definition) is 9. The number of hydrogen-bond acceptors (Lipinski definition) is 21. The van der Waals surface area contributed by atoms with Crippen molar-refractivity contribution in [1.29, 1.82) is 0 Å². The van der Waals surface area contributed by atoms with Crippen molar-refractivity contribution in [2.24, 2.45) is 29.2 Å². The van der Waals surface area contributed by atoms with Crippen LogP contribution in [0.2, 0.25) is 0 Å². The first-order chi connectivity index (χ1) is 46.4. The lowest BCUT2D eigenvalue weighted by Crippen LogP contribution is -2.48. The number of esters is 1. The number of aryl methyl sites for hydroxylation is 1. The van der Waals surface area contributed by atoms with Gasteiger partial charge >= 0.3 is 24.1 Å². The zero-order chi connectivity index (χ0) is 70.3. The second kappa shape index (κ2) is 38.2. The van der Waals surface area contributed by atoms with Gasteiger partial charge in [0, 0.05) is 85.3 Å². The molecule has 0 saturated heterocycles. The molecule has 2 aromatic carbocycles. The smallest absolute Gasteiger partial charge is 0.407 e. The van der Waals surface area contributed by atoms with E-state index in [0.717, 1.165) is 5.56 Å². The standard InChI is InChI=1S/C67H88FN9O20.H2S/c1-5-67(90)49-31-53-60-47(34-77(53)63(86)48(49)36-96-64(67)87)58-51(14-13-46-39(4)50(68)32-52(75-60)57(46)58)74-55(81)37-95-21-17-45(79)33-72-66(89)97-35-40-8-11-43(12-9-40)73-61(84)41(7-6-19-71-65(70)88)30-54(80)59(38(2)3)76-62(85)42(10-15-56(82)83)29-44(78)16-20-91-23-25-93-27-28-94-26-24-92-22-18-69;/h8-9,11-12,31-32,38,41-42,51,59,90H,5-7,10,13-30,33-37,69H2,1-4H3,(H,72,89)(H,73,84)(H,74,81)(H,76,85)(H,82,83)(H3,70,71,88);1H2/t41-,42-,51+,59+,67+;/m1./s1. The van der Waals surface area contributed by atoms with E-state index in [1.54, 1.807) is 45.9 Å². The number of rotatable bonds is 42. The van der Waals surface area contributed by atoms with Gasteiger partial charge in [-0.2, -0.15) is 13.5 Å². The number of carbonyl (C=O) groups is 10. The molecular formula is C67H90FN9O20S. The number of carboxylic acid groups (broad SMARTS) is 1. The summed E-state index contributed by atoms with van der Waals surface area (Å²) in [7, 11) is 0. The van der Waals surface area contributed by atoms with E-state index in [9.17, 15) is 63.0 Å². The molecular weight excluding hydrogens is 1300 g/mol. The number of primary amides is 1. The maximum absolute atomic E-state index is 15.4. The van der Waals surface area contributed by atoms with Gasteiger partial charge in [-0.3, -0.25) is 38.4 Å². The summed E-state index contributed by atoms with van der Waals surface area (Å²) in [4.78, 5) is 148. The van der Waals surface area contributed by atoms with E-state index in [2.05, 4.69) is 26.6 Å². The molecule has 5 atom stereocenters. The second-order valence-electron chi connectivity index (χ2n) is 24.3. The third-order valence-corrected chi connectivity index (χ3v) is 17.1. The van der Waals surface area contributed by atoms with Gasteiger partial charge in [0.05, 0.1) is 107 Å². The lowest BCUT2D eigenvalue weighted by atomic mass is 9.81. The number of alkyl carbamates (subject to hydrolysis) is 1. The van der Waals surface area contributed by atoms with Gasteiger partial charge in [0.1, 0.15) is 31.4 Å². The van der Waals surface area contributed by atoms with Crippen molar-refractivity contribution in [2.45, 2.75) is 136 Å². The number of Topliss-reactive ketones (excluding diaryl/α,β-unsaturated/α-hetero) is 3. The predicted molar refractivity (Wildman–Crippen MR) is 356 cm³/mol. The van der Waals surface area contributed by atoms with Crippen LogP contribution in [0.1, 0.15) is 130 Å². The Balaban J connectivity index is 0.0000152. The minimum absolute atomic E-state index is 0. The van der Waals surface area contributed by atoms with Crippen molar-refractivity contribution in [2.75, 3.05) is 91.0 Å². The third kappa shape index (κ3) is 21.6. The summed E-state index contributed by atoms with van der Waals surface area (Å²) < 4.78 is 54.6. The number of nitrogens with two attached hydrogens (primary N) is 2. The third-order valence-electron chi connectivity index (χ3n) is 17.1. The molecule has 2 aromatic heterocycles. The second-order valence-corrected chi connectivity index (χ2v) is 24.3. The van der Waals surface area contributed by atoms with Crippen LogP contribution in [0.3, 0.4) is 0 Å². The zero-order valence-electron chi connectivity index (χ0n) is 55.6. The van der Waals surface area contributed by atoms with E-state index in [1.165, 1.54) is 22.8 Å². The molecule has 0 bridgehead atoms. The fourth-order valence-corrected chi connectivity index (χ4v) is 11.9. The Bertz CT molecular complexity index is 3590. The van der Waals surface area contributed by atoms with Gasteiger partial charge < -0.3 is 86.0 Å². The van der Waals surface area contributed by atoms with E-state index in [4.69, 9.17) is 49.6 Å². The molecule has 4 heterocycles. The number of benzene rings is 2. The van der Waals surface area contributed by atoms with E-state index in [-0.39, 0.29) is 135 Å². The maximum atomic E-state index is 15.4. The summed E-state index contributed by atoms with van der Waals surface area (Å²) in [6.07, 6.45) is -1.31. The summed E-state index contributed by atoms with van der Waals surface area (Å²) in [6, 6.07) is 6.57. The van der Waals surface area contributed by atoms with Crippen molar-refractivity contribution in [3.8, 4) is 11.4 Å². The monoisotopic (exact) mass is 1390 g/mol. The fourth-order valence-electron chi connectivity index (χ4n) is 11.9. The van der Waals surface area contributed by atoms with Crippen LogP contribution in [0.5, 0.6) is 0 Å². The number of carbonyl (C=O) groups excluding carboxylic acids is 9. The molecule has 1 aliphatic carbocycles. The number of anilines is 1. The van der Waals surface area contributed by atoms with Gasteiger partial charge in [-0.05, 0) is 91.8 Å². The Morgan fingerprint density at radius 2 is 1.47 bits per heavy atom. The number of halogens is 1. The molecule has 0 radical (unpaired) electrons. The van der Waals surface area contributed by atoms with Gasteiger partial charge in [-0.15, -0.1) is 0 Å². The van der Waals surface area contributed by atoms with Gasteiger partial charge in [-0.1, -0.05) is 32.9 Å². The fraction of sp³-hybridized carbons (Fsp3) is 0.552.